The zero-order chi connectivity index (χ0) is 11.7. The molecule has 1 amide bonds. The Labute approximate surface area is 94.8 Å². The predicted molar refractivity (Wildman–Crippen MR) is 61.7 cm³/mol. The fourth-order valence-corrected chi connectivity index (χ4v) is 1.82. The molecule has 2 N–H and O–H groups in total. The van der Waals surface area contributed by atoms with E-state index in [0.717, 1.165) is 18.2 Å². The Morgan fingerprint density at radius 3 is 2.67 bits per heavy atom. The van der Waals surface area contributed by atoms with E-state index in [1.54, 1.807) is 0 Å². The second-order valence-electron chi connectivity index (χ2n) is 3.35. The fraction of sp³-hybridized carbons (Fsp3) is 0.800. The highest BCUT2D eigenvalue weighted by atomic mass is 32.2. The summed E-state index contributed by atoms with van der Waals surface area (Å²) >= 11 is 1.16. The van der Waals surface area contributed by atoms with Crippen molar-refractivity contribution in [1.29, 1.82) is 0 Å². The van der Waals surface area contributed by atoms with Gasteiger partial charge in [0, 0.05) is 25.6 Å². The lowest BCUT2D eigenvalue weighted by molar-refractivity contribution is -0.119. The van der Waals surface area contributed by atoms with E-state index in [1.807, 2.05) is 6.92 Å². The number of hydrogen-bond donors (Lipinski definition) is 2. The number of thioether (sulfide) groups is 1. The molecule has 0 aliphatic heterocycles. The fourth-order valence-electron chi connectivity index (χ4n) is 1.08. The van der Waals surface area contributed by atoms with Crippen LogP contribution in [0.2, 0.25) is 0 Å². The van der Waals surface area contributed by atoms with Gasteiger partial charge in [0.15, 0.2) is 5.12 Å². The molecule has 0 fully saturated rings. The van der Waals surface area contributed by atoms with Gasteiger partial charge in [-0.3, -0.25) is 9.59 Å². The Hall–Kier alpha value is -0.550. The lowest BCUT2D eigenvalue weighted by atomic mass is 10.2. The van der Waals surface area contributed by atoms with Gasteiger partial charge in [-0.2, -0.15) is 0 Å². The SMILES string of the molecule is CCC[C@@H](O)CC(=O)SCCNC(C)=O. The molecule has 0 saturated heterocycles. The molecule has 0 spiro atoms. The van der Waals surface area contributed by atoms with Crippen LogP contribution in [0.15, 0.2) is 0 Å². The Morgan fingerprint density at radius 1 is 1.47 bits per heavy atom. The van der Waals surface area contributed by atoms with Gasteiger partial charge in [0.25, 0.3) is 0 Å². The molecular formula is C10H19NO3S. The smallest absolute Gasteiger partial charge is 0.216 e. The number of carbonyl (C=O) groups excluding carboxylic acids is 2. The second-order valence-corrected chi connectivity index (χ2v) is 4.50. The van der Waals surface area contributed by atoms with Gasteiger partial charge in [-0.25, -0.2) is 0 Å². The minimum absolute atomic E-state index is 0.0127. The van der Waals surface area contributed by atoms with Crippen LogP contribution in [0.3, 0.4) is 0 Å². The van der Waals surface area contributed by atoms with Crippen LogP contribution in [0.25, 0.3) is 0 Å². The third kappa shape index (κ3) is 9.75. The first-order valence-electron chi connectivity index (χ1n) is 5.14. The summed E-state index contributed by atoms with van der Waals surface area (Å²) in [5.41, 5.74) is 0. The number of rotatable bonds is 7. The number of aliphatic hydroxyl groups is 1. The molecule has 0 saturated carbocycles. The van der Waals surface area contributed by atoms with Crippen molar-refractivity contribution < 1.29 is 14.7 Å². The van der Waals surface area contributed by atoms with E-state index in [9.17, 15) is 14.7 Å². The molecule has 0 aliphatic carbocycles. The van der Waals surface area contributed by atoms with Crippen molar-refractivity contribution in [2.24, 2.45) is 0 Å². The molecule has 15 heavy (non-hydrogen) atoms. The molecule has 0 aromatic heterocycles. The third-order valence-corrected chi connectivity index (χ3v) is 2.66. The molecule has 0 rings (SSSR count). The first kappa shape index (κ1) is 14.5. The molecule has 1 atom stereocenters. The van der Waals surface area contributed by atoms with E-state index in [2.05, 4.69) is 5.32 Å². The highest BCUT2D eigenvalue weighted by molar-refractivity contribution is 8.13. The number of hydrogen-bond acceptors (Lipinski definition) is 4. The van der Waals surface area contributed by atoms with Gasteiger partial charge in [-0.05, 0) is 6.42 Å². The predicted octanol–water partition coefficient (Wildman–Crippen LogP) is 0.933. The van der Waals surface area contributed by atoms with Crippen molar-refractivity contribution in [2.75, 3.05) is 12.3 Å². The molecule has 0 aromatic carbocycles. The number of aliphatic hydroxyl groups excluding tert-OH is 1. The molecule has 5 heteroatoms. The number of nitrogens with one attached hydrogen (secondary N) is 1. The summed E-state index contributed by atoms with van der Waals surface area (Å²) in [7, 11) is 0. The first-order valence-corrected chi connectivity index (χ1v) is 6.13. The third-order valence-electron chi connectivity index (χ3n) is 1.76. The quantitative estimate of drug-likeness (QED) is 0.642. The summed E-state index contributed by atoms with van der Waals surface area (Å²) in [4.78, 5) is 21.8. The van der Waals surface area contributed by atoms with Crippen LogP contribution in [0, 0.1) is 0 Å². The van der Waals surface area contributed by atoms with Crippen molar-refractivity contribution in [3.8, 4) is 0 Å². The molecule has 0 aromatic rings. The second kappa shape index (κ2) is 8.73. The van der Waals surface area contributed by atoms with Crippen LogP contribution in [-0.4, -0.2) is 34.5 Å². The van der Waals surface area contributed by atoms with Gasteiger partial charge in [-0.1, -0.05) is 25.1 Å². The van der Waals surface area contributed by atoms with E-state index in [1.165, 1.54) is 6.92 Å². The lowest BCUT2D eigenvalue weighted by Crippen LogP contribution is -2.23. The molecule has 88 valence electrons. The molecule has 0 unspecified atom stereocenters. The average molecular weight is 233 g/mol. The van der Waals surface area contributed by atoms with Crippen LogP contribution >= 0.6 is 11.8 Å². The van der Waals surface area contributed by atoms with E-state index in [0.29, 0.717) is 18.7 Å². The lowest BCUT2D eigenvalue weighted by Gasteiger charge is -2.07. The van der Waals surface area contributed by atoms with Crippen LogP contribution in [0.1, 0.15) is 33.1 Å². The monoisotopic (exact) mass is 233 g/mol. The van der Waals surface area contributed by atoms with Crippen molar-refractivity contribution >= 4 is 22.8 Å². The summed E-state index contributed by atoms with van der Waals surface area (Å²) in [6.07, 6.45) is 1.23. The van der Waals surface area contributed by atoms with Crippen molar-refractivity contribution in [3.63, 3.8) is 0 Å². The first-order chi connectivity index (χ1) is 7.06. The van der Waals surface area contributed by atoms with E-state index in [-0.39, 0.29) is 17.4 Å². The minimum atomic E-state index is -0.518. The van der Waals surface area contributed by atoms with Crippen molar-refractivity contribution in [2.45, 2.75) is 39.2 Å². The van der Waals surface area contributed by atoms with Crippen LogP contribution in [0.5, 0.6) is 0 Å². The molecule has 0 radical (unpaired) electrons. The molecule has 0 bridgehead atoms. The number of carbonyl (C=O) groups is 2. The number of amides is 1. The topological polar surface area (TPSA) is 66.4 Å². The Kier molecular flexibility index (Phi) is 8.41. The molecule has 0 aliphatic rings. The maximum absolute atomic E-state index is 11.3. The summed E-state index contributed by atoms with van der Waals surface area (Å²) in [6.45, 7) is 3.91. The van der Waals surface area contributed by atoms with Gasteiger partial charge >= 0.3 is 0 Å². The molecule has 0 heterocycles. The molecule has 4 nitrogen and oxygen atoms in total. The van der Waals surface area contributed by atoms with E-state index in [4.69, 9.17) is 0 Å². The highest BCUT2D eigenvalue weighted by Gasteiger charge is 2.09. The van der Waals surface area contributed by atoms with Crippen LogP contribution in [-0.2, 0) is 9.59 Å². The standard InChI is InChI=1S/C10H19NO3S/c1-3-4-9(13)7-10(14)15-6-5-11-8(2)12/h9,13H,3-7H2,1-2H3,(H,11,12)/t9-/m1/s1. The van der Waals surface area contributed by atoms with Gasteiger partial charge in [0.05, 0.1) is 6.10 Å². The summed E-state index contributed by atoms with van der Waals surface area (Å²) in [5.74, 6) is 0.478. The average Bonchev–Trinajstić information content (AvgIpc) is 2.12. The van der Waals surface area contributed by atoms with Crippen molar-refractivity contribution in [1.82, 2.24) is 5.32 Å². The zero-order valence-corrected chi connectivity index (χ0v) is 10.1. The summed E-state index contributed by atoms with van der Waals surface area (Å²) < 4.78 is 0. The Bertz CT molecular complexity index is 209. The van der Waals surface area contributed by atoms with Crippen LogP contribution < -0.4 is 5.32 Å². The maximum Gasteiger partial charge on any atom is 0.216 e. The van der Waals surface area contributed by atoms with E-state index >= 15 is 0 Å². The van der Waals surface area contributed by atoms with Gasteiger partial charge < -0.3 is 10.4 Å². The van der Waals surface area contributed by atoms with Gasteiger partial charge in [0.2, 0.25) is 5.91 Å². The minimum Gasteiger partial charge on any atom is -0.393 e. The van der Waals surface area contributed by atoms with Crippen LogP contribution in [0.4, 0.5) is 0 Å². The maximum atomic E-state index is 11.3. The van der Waals surface area contributed by atoms with Crippen molar-refractivity contribution in [3.05, 3.63) is 0 Å². The largest absolute Gasteiger partial charge is 0.393 e. The highest BCUT2D eigenvalue weighted by Crippen LogP contribution is 2.10. The normalized spacial score (nSPS) is 12.2. The van der Waals surface area contributed by atoms with E-state index < -0.39 is 6.10 Å². The summed E-state index contributed by atoms with van der Waals surface area (Å²) in [5, 5.41) is 12.0. The molecular weight excluding hydrogens is 214 g/mol. The van der Waals surface area contributed by atoms with Gasteiger partial charge in [-0.15, -0.1) is 0 Å². The zero-order valence-electron chi connectivity index (χ0n) is 9.28. The Morgan fingerprint density at radius 2 is 2.13 bits per heavy atom. The Balaban J connectivity index is 3.44. The van der Waals surface area contributed by atoms with Gasteiger partial charge in [0.1, 0.15) is 0 Å². The summed E-state index contributed by atoms with van der Waals surface area (Å²) in [6, 6.07) is 0.